The Labute approximate surface area is 196 Å². The Kier molecular flexibility index (Phi) is 4.90. The number of hydrogen-bond acceptors (Lipinski definition) is 7. The highest BCUT2D eigenvalue weighted by molar-refractivity contribution is 6.03. The molecule has 0 aliphatic carbocycles. The van der Waals surface area contributed by atoms with Gasteiger partial charge in [-0.15, -0.1) is 0 Å². The number of hydrogen-bond donors (Lipinski definition) is 2. The van der Waals surface area contributed by atoms with Crippen molar-refractivity contribution in [2.24, 2.45) is 0 Å². The van der Waals surface area contributed by atoms with E-state index in [1.165, 1.54) is 6.07 Å². The average Bonchev–Trinajstić information content (AvgIpc) is 3.49. The fraction of sp³-hybridized carbons (Fsp3) is 0.304. The van der Waals surface area contributed by atoms with Gasteiger partial charge in [0.1, 0.15) is 19.0 Å². The van der Waals surface area contributed by atoms with Gasteiger partial charge < -0.3 is 29.6 Å². The van der Waals surface area contributed by atoms with Crippen LogP contribution in [0.25, 0.3) is 0 Å². The molecule has 9 nitrogen and oxygen atoms in total. The van der Waals surface area contributed by atoms with Gasteiger partial charge in [0.25, 0.3) is 5.91 Å². The van der Waals surface area contributed by atoms with Crippen LogP contribution >= 0.6 is 0 Å². The number of fused-ring (bicyclic) bond motifs is 3. The topological polar surface area (TPSA) is 95.9 Å². The van der Waals surface area contributed by atoms with Crippen molar-refractivity contribution in [2.75, 3.05) is 30.6 Å². The highest BCUT2D eigenvalue weighted by Gasteiger charge is 2.47. The monoisotopic (exact) mass is 488 g/mol. The molecule has 2 N–H and O–H groups in total. The zero-order chi connectivity index (χ0) is 24.2. The maximum absolute atomic E-state index is 14.0. The first-order valence-corrected chi connectivity index (χ1v) is 10.9. The number of halogens is 3. The number of carbonyl (C=O) groups is 1. The molecule has 6 rings (SSSR count). The minimum absolute atomic E-state index is 0.0661. The molecule has 0 fully saturated rings. The van der Waals surface area contributed by atoms with Crippen molar-refractivity contribution in [2.45, 2.75) is 24.7 Å². The highest BCUT2D eigenvalue weighted by atomic mass is 19.4. The Hall–Kier alpha value is -4.09. The largest absolute Gasteiger partial charge is 0.486 e. The lowest BCUT2D eigenvalue weighted by Crippen LogP contribution is -2.35. The van der Waals surface area contributed by atoms with Gasteiger partial charge in [0.2, 0.25) is 6.79 Å². The number of benzene rings is 2. The lowest BCUT2D eigenvalue weighted by Gasteiger charge is -2.33. The minimum atomic E-state index is -4.57. The quantitative estimate of drug-likeness (QED) is 0.568. The number of alkyl halides is 3. The fourth-order valence-corrected chi connectivity index (χ4v) is 4.35. The van der Waals surface area contributed by atoms with Gasteiger partial charge in [-0.3, -0.25) is 4.79 Å². The highest BCUT2D eigenvalue weighted by Crippen LogP contribution is 2.45. The first kappa shape index (κ1) is 21.4. The van der Waals surface area contributed by atoms with E-state index in [1.807, 2.05) is 0 Å². The Morgan fingerprint density at radius 1 is 0.971 bits per heavy atom. The average molecular weight is 488 g/mol. The van der Waals surface area contributed by atoms with Crippen molar-refractivity contribution >= 4 is 17.4 Å². The molecule has 1 aromatic heterocycles. The van der Waals surface area contributed by atoms with Gasteiger partial charge in [-0.05, 0) is 29.8 Å². The summed E-state index contributed by atoms with van der Waals surface area (Å²) in [4.78, 5) is 12.8. The van der Waals surface area contributed by atoms with Gasteiger partial charge in [-0.2, -0.15) is 18.3 Å². The van der Waals surface area contributed by atoms with Crippen molar-refractivity contribution in [3.63, 3.8) is 0 Å². The van der Waals surface area contributed by atoms with E-state index in [1.54, 1.807) is 36.4 Å². The molecule has 35 heavy (non-hydrogen) atoms. The van der Waals surface area contributed by atoms with Crippen LogP contribution in [-0.4, -0.2) is 41.9 Å². The van der Waals surface area contributed by atoms with Gasteiger partial charge in [-0.25, -0.2) is 4.68 Å². The summed E-state index contributed by atoms with van der Waals surface area (Å²) in [5.74, 6) is 1.49. The zero-order valence-corrected chi connectivity index (χ0v) is 18.1. The normalized spacial score (nSPS) is 20.1. The summed E-state index contributed by atoms with van der Waals surface area (Å²) >= 11 is 0. The van der Waals surface area contributed by atoms with E-state index < -0.39 is 24.2 Å². The summed E-state index contributed by atoms with van der Waals surface area (Å²) in [6.45, 7) is 0.878. The lowest BCUT2D eigenvalue weighted by molar-refractivity contribution is -0.173. The first-order chi connectivity index (χ1) is 16.8. The maximum Gasteiger partial charge on any atom is 0.410 e. The van der Waals surface area contributed by atoms with Gasteiger partial charge in [0, 0.05) is 24.2 Å². The molecule has 0 saturated heterocycles. The van der Waals surface area contributed by atoms with Crippen molar-refractivity contribution in [3.8, 4) is 23.0 Å². The predicted molar refractivity (Wildman–Crippen MR) is 116 cm³/mol. The number of nitrogens with zero attached hydrogens (tertiary/aromatic N) is 2. The van der Waals surface area contributed by atoms with E-state index >= 15 is 0 Å². The third-order valence-corrected chi connectivity index (χ3v) is 6.02. The molecular formula is C23H19F3N4O5. The summed E-state index contributed by atoms with van der Waals surface area (Å²) in [6, 6.07) is 8.61. The Bertz CT molecular complexity index is 1310. The van der Waals surface area contributed by atoms with Crippen molar-refractivity contribution in [1.29, 1.82) is 0 Å². The van der Waals surface area contributed by atoms with E-state index in [0.717, 1.165) is 4.68 Å². The number of ether oxygens (including phenoxy) is 4. The van der Waals surface area contributed by atoms with E-state index in [2.05, 4.69) is 15.7 Å². The number of aromatic nitrogens is 2. The molecule has 0 spiro atoms. The van der Waals surface area contributed by atoms with Crippen molar-refractivity contribution in [1.82, 2.24) is 9.78 Å². The standard InChI is InChI=1S/C23H19F3N4O5/c24-23(25,26)20-9-14(12-1-3-17-18(7-12)35-11-34-17)28-21-10-15(29-30(20)21)22(31)27-13-2-4-16-19(8-13)33-6-5-32-16/h1-4,7-8,10,14,20,28H,5-6,9,11H2,(H,27,31). The van der Waals surface area contributed by atoms with Crippen LogP contribution in [-0.2, 0) is 0 Å². The van der Waals surface area contributed by atoms with Crippen LogP contribution in [0.2, 0.25) is 0 Å². The van der Waals surface area contributed by atoms with Crippen molar-refractivity contribution < 1.29 is 36.9 Å². The molecule has 1 amide bonds. The number of anilines is 2. The second-order valence-electron chi connectivity index (χ2n) is 8.27. The van der Waals surface area contributed by atoms with E-state index in [0.29, 0.717) is 47.5 Å². The summed E-state index contributed by atoms with van der Waals surface area (Å²) in [5.41, 5.74) is 0.866. The van der Waals surface area contributed by atoms with Gasteiger partial charge in [0.05, 0.1) is 6.04 Å². The van der Waals surface area contributed by atoms with Crippen LogP contribution in [0.4, 0.5) is 24.7 Å². The van der Waals surface area contributed by atoms with Crippen LogP contribution < -0.4 is 29.6 Å². The summed E-state index contributed by atoms with van der Waals surface area (Å²) < 4.78 is 64.4. The minimum Gasteiger partial charge on any atom is -0.486 e. The van der Waals surface area contributed by atoms with E-state index in [4.69, 9.17) is 18.9 Å². The number of amides is 1. The molecule has 0 radical (unpaired) electrons. The Morgan fingerprint density at radius 2 is 1.69 bits per heavy atom. The third kappa shape index (κ3) is 3.94. The molecule has 0 saturated carbocycles. The maximum atomic E-state index is 14.0. The third-order valence-electron chi connectivity index (χ3n) is 6.02. The predicted octanol–water partition coefficient (Wildman–Crippen LogP) is 4.30. The Morgan fingerprint density at radius 3 is 2.51 bits per heavy atom. The number of carbonyl (C=O) groups excluding carboxylic acids is 1. The van der Waals surface area contributed by atoms with Crippen LogP contribution in [0.3, 0.4) is 0 Å². The molecular weight excluding hydrogens is 469 g/mol. The molecule has 2 unspecified atom stereocenters. The fourth-order valence-electron chi connectivity index (χ4n) is 4.35. The molecule has 3 aliphatic rings. The second-order valence-corrected chi connectivity index (χ2v) is 8.27. The molecule has 12 heteroatoms. The molecule has 0 bridgehead atoms. The van der Waals surface area contributed by atoms with Crippen molar-refractivity contribution in [3.05, 3.63) is 53.7 Å². The molecule has 3 aromatic rings. The first-order valence-electron chi connectivity index (χ1n) is 10.9. The lowest BCUT2D eigenvalue weighted by atomic mass is 9.96. The summed E-state index contributed by atoms with van der Waals surface area (Å²) in [7, 11) is 0. The molecule has 182 valence electrons. The Balaban J connectivity index is 1.27. The zero-order valence-electron chi connectivity index (χ0n) is 18.1. The van der Waals surface area contributed by atoms with Crippen LogP contribution in [0.5, 0.6) is 23.0 Å². The smallest absolute Gasteiger partial charge is 0.410 e. The van der Waals surface area contributed by atoms with Gasteiger partial charge >= 0.3 is 6.18 Å². The molecule has 2 aromatic carbocycles. The van der Waals surface area contributed by atoms with Crippen LogP contribution in [0, 0.1) is 0 Å². The molecule has 3 aliphatic heterocycles. The second kappa shape index (κ2) is 8.00. The number of nitrogens with one attached hydrogen (secondary N) is 2. The molecule has 2 atom stereocenters. The van der Waals surface area contributed by atoms with E-state index in [-0.39, 0.29) is 24.7 Å². The van der Waals surface area contributed by atoms with Crippen LogP contribution in [0.1, 0.15) is 34.6 Å². The SMILES string of the molecule is O=C(Nc1ccc2c(c1)OCCO2)c1cc2n(n1)C(C(F)(F)F)CC(c1ccc3c(c1)OCO3)N2. The van der Waals surface area contributed by atoms with Crippen LogP contribution in [0.15, 0.2) is 42.5 Å². The molecule has 4 heterocycles. The summed E-state index contributed by atoms with van der Waals surface area (Å²) in [5, 5.41) is 9.72. The summed E-state index contributed by atoms with van der Waals surface area (Å²) in [6.07, 6.45) is -4.87. The number of rotatable bonds is 3. The van der Waals surface area contributed by atoms with E-state index in [9.17, 15) is 18.0 Å². The van der Waals surface area contributed by atoms with Gasteiger partial charge in [0.15, 0.2) is 34.7 Å². The van der Waals surface area contributed by atoms with Gasteiger partial charge in [-0.1, -0.05) is 6.07 Å².